The van der Waals surface area contributed by atoms with E-state index in [9.17, 15) is 0 Å². The van der Waals surface area contributed by atoms with E-state index in [2.05, 4.69) is 19.2 Å². The van der Waals surface area contributed by atoms with Crippen molar-refractivity contribution < 1.29 is 0 Å². The van der Waals surface area contributed by atoms with Crippen molar-refractivity contribution in [3.05, 3.63) is 0 Å². The summed E-state index contributed by atoms with van der Waals surface area (Å²) in [6.45, 7) is 5.71. The highest BCUT2D eigenvalue weighted by molar-refractivity contribution is 4.91. The van der Waals surface area contributed by atoms with Crippen LogP contribution in [0.3, 0.4) is 0 Å². The Balaban J connectivity index is 1.72. The molecule has 100 valence electrons. The Hall–Kier alpha value is -0.0400. The van der Waals surface area contributed by atoms with Crippen molar-refractivity contribution in [2.75, 3.05) is 6.54 Å². The second-order valence-corrected chi connectivity index (χ2v) is 6.42. The predicted molar refractivity (Wildman–Crippen MR) is 75.2 cm³/mol. The van der Waals surface area contributed by atoms with Gasteiger partial charge in [0.25, 0.3) is 0 Å². The third-order valence-electron chi connectivity index (χ3n) is 5.12. The lowest BCUT2D eigenvalue weighted by Gasteiger charge is -2.27. The van der Waals surface area contributed by atoms with E-state index in [0.29, 0.717) is 0 Å². The number of nitrogens with one attached hydrogen (secondary N) is 1. The van der Waals surface area contributed by atoms with Crippen LogP contribution in [0.2, 0.25) is 0 Å². The van der Waals surface area contributed by atoms with Crippen molar-refractivity contribution in [3.8, 4) is 0 Å². The highest BCUT2D eigenvalue weighted by atomic mass is 14.9. The van der Waals surface area contributed by atoms with Gasteiger partial charge in [0.05, 0.1) is 0 Å². The summed E-state index contributed by atoms with van der Waals surface area (Å²) in [6, 6.07) is 0.816. The van der Waals surface area contributed by atoms with Crippen LogP contribution in [0.5, 0.6) is 0 Å². The van der Waals surface area contributed by atoms with E-state index in [1.807, 2.05) is 0 Å². The molecule has 4 unspecified atom stereocenters. The summed E-state index contributed by atoms with van der Waals surface area (Å²) in [6.07, 6.45) is 13.3. The molecule has 0 spiro atoms. The fourth-order valence-electron chi connectivity index (χ4n) is 4.26. The first-order chi connectivity index (χ1) is 8.33. The molecule has 0 radical (unpaired) electrons. The van der Waals surface area contributed by atoms with Gasteiger partial charge in [0.1, 0.15) is 0 Å². The minimum absolute atomic E-state index is 0.816. The van der Waals surface area contributed by atoms with Gasteiger partial charge in [0, 0.05) is 6.04 Å². The van der Waals surface area contributed by atoms with E-state index in [1.54, 1.807) is 25.7 Å². The lowest BCUT2D eigenvalue weighted by atomic mass is 9.83. The average Bonchev–Trinajstić information content (AvgIpc) is 2.91. The van der Waals surface area contributed by atoms with Gasteiger partial charge in [-0.15, -0.1) is 0 Å². The largest absolute Gasteiger partial charge is 0.314 e. The SMILES string of the molecule is CCCCCC(CC1CC2CCC1C2)NCC. The van der Waals surface area contributed by atoms with Crippen molar-refractivity contribution in [3.63, 3.8) is 0 Å². The van der Waals surface area contributed by atoms with E-state index < -0.39 is 0 Å². The third-order valence-corrected chi connectivity index (χ3v) is 5.12. The van der Waals surface area contributed by atoms with Crippen LogP contribution in [0.15, 0.2) is 0 Å². The Labute approximate surface area is 108 Å². The number of fused-ring (bicyclic) bond motifs is 2. The second-order valence-electron chi connectivity index (χ2n) is 6.42. The molecule has 0 aromatic rings. The summed E-state index contributed by atoms with van der Waals surface area (Å²) in [5, 5.41) is 3.73. The number of unbranched alkanes of at least 4 members (excludes halogenated alkanes) is 2. The Morgan fingerprint density at radius 3 is 2.59 bits per heavy atom. The standard InChI is InChI=1S/C16H31N/c1-3-5-6-7-16(17-4-2)12-15-11-13-8-9-14(15)10-13/h13-17H,3-12H2,1-2H3. The predicted octanol–water partition coefficient (Wildman–Crippen LogP) is 4.37. The molecule has 4 atom stereocenters. The van der Waals surface area contributed by atoms with Gasteiger partial charge < -0.3 is 5.32 Å². The molecule has 2 aliphatic carbocycles. The molecule has 1 heteroatoms. The first-order valence-electron chi connectivity index (χ1n) is 8.06. The van der Waals surface area contributed by atoms with E-state index in [0.717, 1.165) is 30.3 Å². The van der Waals surface area contributed by atoms with Crippen LogP contribution in [0.4, 0.5) is 0 Å². The van der Waals surface area contributed by atoms with Crippen molar-refractivity contribution in [1.29, 1.82) is 0 Å². The van der Waals surface area contributed by atoms with Crippen LogP contribution < -0.4 is 5.32 Å². The Morgan fingerprint density at radius 1 is 1.12 bits per heavy atom. The van der Waals surface area contributed by atoms with E-state index in [4.69, 9.17) is 0 Å². The van der Waals surface area contributed by atoms with Gasteiger partial charge in [-0.3, -0.25) is 0 Å². The average molecular weight is 237 g/mol. The Kier molecular flexibility index (Phi) is 5.34. The molecule has 0 amide bonds. The maximum Gasteiger partial charge on any atom is 0.00696 e. The van der Waals surface area contributed by atoms with Gasteiger partial charge >= 0.3 is 0 Å². The van der Waals surface area contributed by atoms with Crippen molar-refractivity contribution >= 4 is 0 Å². The molecule has 17 heavy (non-hydrogen) atoms. The number of rotatable bonds is 8. The first kappa shape index (κ1) is 13.4. The maximum atomic E-state index is 3.73. The van der Waals surface area contributed by atoms with Crippen LogP contribution >= 0.6 is 0 Å². The highest BCUT2D eigenvalue weighted by Gasteiger charge is 2.39. The molecule has 0 aromatic heterocycles. The molecular weight excluding hydrogens is 206 g/mol. The monoisotopic (exact) mass is 237 g/mol. The molecule has 0 aliphatic heterocycles. The molecule has 2 bridgehead atoms. The summed E-state index contributed by atoms with van der Waals surface area (Å²) in [5.41, 5.74) is 0. The summed E-state index contributed by atoms with van der Waals surface area (Å²) in [5.74, 6) is 3.29. The van der Waals surface area contributed by atoms with Crippen LogP contribution in [0.25, 0.3) is 0 Å². The van der Waals surface area contributed by atoms with Gasteiger partial charge in [-0.05, 0) is 56.4 Å². The zero-order valence-corrected chi connectivity index (χ0v) is 11.9. The molecule has 1 N–H and O–H groups in total. The molecule has 2 fully saturated rings. The summed E-state index contributed by atoms with van der Waals surface area (Å²) >= 11 is 0. The van der Waals surface area contributed by atoms with Crippen molar-refractivity contribution in [1.82, 2.24) is 5.32 Å². The fourth-order valence-corrected chi connectivity index (χ4v) is 4.26. The zero-order valence-electron chi connectivity index (χ0n) is 11.9. The van der Waals surface area contributed by atoms with E-state index in [-0.39, 0.29) is 0 Å². The molecule has 1 nitrogen and oxygen atoms in total. The summed E-state index contributed by atoms with van der Waals surface area (Å²) < 4.78 is 0. The van der Waals surface area contributed by atoms with Crippen LogP contribution in [0.1, 0.15) is 71.6 Å². The molecule has 0 saturated heterocycles. The van der Waals surface area contributed by atoms with Crippen molar-refractivity contribution in [2.45, 2.75) is 77.7 Å². The van der Waals surface area contributed by atoms with Gasteiger partial charge in [0.15, 0.2) is 0 Å². The Morgan fingerprint density at radius 2 is 2.00 bits per heavy atom. The topological polar surface area (TPSA) is 12.0 Å². The lowest BCUT2D eigenvalue weighted by Crippen LogP contribution is -2.32. The van der Waals surface area contributed by atoms with Crippen molar-refractivity contribution in [2.24, 2.45) is 17.8 Å². The molecule has 0 heterocycles. The van der Waals surface area contributed by atoms with Crippen LogP contribution in [-0.2, 0) is 0 Å². The highest BCUT2D eigenvalue weighted by Crippen LogP contribution is 2.50. The van der Waals surface area contributed by atoms with Gasteiger partial charge in [-0.1, -0.05) is 39.5 Å². The quantitative estimate of drug-likeness (QED) is 0.618. The minimum atomic E-state index is 0.816. The molecule has 2 saturated carbocycles. The zero-order chi connectivity index (χ0) is 12.1. The Bertz CT molecular complexity index is 214. The van der Waals surface area contributed by atoms with Gasteiger partial charge in [-0.2, -0.15) is 0 Å². The summed E-state index contributed by atoms with van der Waals surface area (Å²) in [7, 11) is 0. The van der Waals surface area contributed by atoms with Crippen LogP contribution in [0, 0.1) is 17.8 Å². The first-order valence-corrected chi connectivity index (χ1v) is 8.06. The fraction of sp³-hybridized carbons (Fsp3) is 1.00. The van der Waals surface area contributed by atoms with Crippen LogP contribution in [-0.4, -0.2) is 12.6 Å². The second kappa shape index (κ2) is 6.78. The molecule has 0 aromatic carbocycles. The third kappa shape index (κ3) is 3.71. The maximum absolute atomic E-state index is 3.73. The molecule has 2 rings (SSSR count). The smallest absolute Gasteiger partial charge is 0.00696 e. The van der Waals surface area contributed by atoms with E-state index >= 15 is 0 Å². The normalized spacial score (nSPS) is 33.2. The number of hydrogen-bond acceptors (Lipinski definition) is 1. The van der Waals surface area contributed by atoms with E-state index in [1.165, 1.54) is 32.1 Å². The van der Waals surface area contributed by atoms with Gasteiger partial charge in [0.2, 0.25) is 0 Å². The molecule has 2 aliphatic rings. The van der Waals surface area contributed by atoms with Gasteiger partial charge in [-0.25, -0.2) is 0 Å². The summed E-state index contributed by atoms with van der Waals surface area (Å²) in [4.78, 5) is 0. The number of hydrogen-bond donors (Lipinski definition) is 1. The lowest BCUT2D eigenvalue weighted by molar-refractivity contribution is 0.270. The minimum Gasteiger partial charge on any atom is -0.314 e. The molecular formula is C16H31N.